The number of methoxy groups -OCH3 is 2. The Kier molecular flexibility index (Phi) is 10.1. The minimum Gasteiger partial charge on any atom is -0.383 e. The lowest BCUT2D eigenvalue weighted by Gasteiger charge is -2.25. The normalized spacial score (nSPS) is 10.9. The Bertz CT molecular complexity index is 975. The van der Waals surface area contributed by atoms with Gasteiger partial charge >= 0.3 is 0 Å². The minimum atomic E-state index is 0.402. The molecule has 0 amide bonds. The van der Waals surface area contributed by atoms with Crippen LogP contribution in [0.1, 0.15) is 21.6 Å². The largest absolute Gasteiger partial charge is 0.383 e. The fourth-order valence-electron chi connectivity index (χ4n) is 2.85. The summed E-state index contributed by atoms with van der Waals surface area (Å²) in [7, 11) is 3.33. The molecule has 2 aromatic rings. The van der Waals surface area contributed by atoms with Crippen LogP contribution in [0.2, 0.25) is 0 Å². The van der Waals surface area contributed by atoms with Crippen LogP contribution in [-0.4, -0.2) is 53.7 Å². The van der Waals surface area contributed by atoms with E-state index < -0.39 is 0 Å². The first-order valence-corrected chi connectivity index (χ1v) is 10.6. The van der Waals surface area contributed by atoms with Gasteiger partial charge in [-0.25, -0.2) is 0 Å². The van der Waals surface area contributed by atoms with Crippen LogP contribution in [0.3, 0.4) is 0 Å². The van der Waals surface area contributed by atoms with Gasteiger partial charge in [-0.3, -0.25) is 0 Å². The Morgan fingerprint density at radius 2 is 1.71 bits per heavy atom. The number of benzene rings is 1. The predicted molar refractivity (Wildman–Crippen MR) is 121 cm³/mol. The summed E-state index contributed by atoms with van der Waals surface area (Å²) in [4.78, 5) is 2.68. The third-order valence-electron chi connectivity index (χ3n) is 4.64. The van der Waals surface area contributed by atoms with E-state index >= 15 is 0 Å². The highest BCUT2D eigenvalue weighted by Gasteiger charge is 2.15. The molecule has 31 heavy (non-hydrogen) atoms. The Labute approximate surface area is 187 Å². The van der Waals surface area contributed by atoms with Gasteiger partial charge in [0.1, 0.15) is 17.0 Å². The molecule has 1 aromatic heterocycles. The summed E-state index contributed by atoms with van der Waals surface area (Å²) in [5.74, 6) is 0. The first kappa shape index (κ1) is 24.4. The number of aryl methyl sites for hydroxylation is 1. The van der Waals surface area contributed by atoms with E-state index in [9.17, 15) is 10.5 Å². The van der Waals surface area contributed by atoms with Gasteiger partial charge in [0, 0.05) is 33.0 Å². The summed E-state index contributed by atoms with van der Waals surface area (Å²) >= 11 is 1.18. The number of hydrogen-bond donors (Lipinski definition) is 0. The maximum absolute atomic E-state index is 9.36. The monoisotopic (exact) mass is 441 g/mol. The van der Waals surface area contributed by atoms with E-state index in [1.54, 1.807) is 21.1 Å². The molecular weight excluding hydrogens is 414 g/mol. The molecule has 0 N–H and O–H groups in total. The van der Waals surface area contributed by atoms with Crippen LogP contribution in [0, 0.1) is 36.5 Å². The van der Waals surface area contributed by atoms with Crippen molar-refractivity contribution in [1.29, 1.82) is 10.5 Å². The van der Waals surface area contributed by atoms with Gasteiger partial charge in [-0.2, -0.15) is 10.5 Å². The highest BCUT2D eigenvalue weighted by molar-refractivity contribution is 7.16. The standard InChI is InChI=1S/C22H27N5O3S/c1-16-13-18(27(7-9-28-3)8-10-30-12-11-29-4)5-6-20(16)25-26-22-19(14-23)17(2)21(15-24)31-22/h5-6,13H,7-12H2,1-4H3/b26-25+. The van der Waals surface area contributed by atoms with Gasteiger partial charge in [0.25, 0.3) is 0 Å². The second kappa shape index (κ2) is 12.8. The van der Waals surface area contributed by atoms with Gasteiger partial charge in [0.2, 0.25) is 0 Å². The minimum absolute atomic E-state index is 0.402. The first-order chi connectivity index (χ1) is 15.0. The predicted octanol–water partition coefficient (Wildman–Crippen LogP) is 4.64. The summed E-state index contributed by atoms with van der Waals surface area (Å²) in [5.41, 5.74) is 3.76. The van der Waals surface area contributed by atoms with Gasteiger partial charge in [-0.05, 0) is 43.2 Å². The number of rotatable bonds is 12. The van der Waals surface area contributed by atoms with Crippen LogP contribution >= 0.6 is 11.3 Å². The van der Waals surface area contributed by atoms with Crippen LogP contribution in [0.5, 0.6) is 0 Å². The topological polar surface area (TPSA) is 103 Å². The van der Waals surface area contributed by atoms with Crippen molar-refractivity contribution < 1.29 is 14.2 Å². The molecule has 8 nitrogen and oxygen atoms in total. The molecule has 0 spiro atoms. The molecule has 0 fully saturated rings. The average molecular weight is 442 g/mol. The van der Waals surface area contributed by atoms with Crippen molar-refractivity contribution in [3.63, 3.8) is 0 Å². The van der Waals surface area contributed by atoms with E-state index in [0.717, 1.165) is 24.3 Å². The zero-order valence-electron chi connectivity index (χ0n) is 18.3. The molecule has 0 bridgehead atoms. The maximum atomic E-state index is 9.36. The number of hydrogen-bond acceptors (Lipinski definition) is 9. The third kappa shape index (κ3) is 6.84. The van der Waals surface area contributed by atoms with Gasteiger partial charge in [0.15, 0.2) is 5.00 Å². The lowest BCUT2D eigenvalue weighted by atomic mass is 10.1. The molecule has 0 unspecified atom stereocenters. The van der Waals surface area contributed by atoms with E-state index in [1.165, 1.54) is 11.3 Å². The van der Waals surface area contributed by atoms with E-state index in [1.807, 2.05) is 25.1 Å². The summed E-state index contributed by atoms with van der Waals surface area (Å²) in [5, 5.41) is 27.6. The SMILES string of the molecule is COCCOCCN(CCOC)c1ccc(/N=N/c2sc(C#N)c(C)c2C#N)c(C)c1. The maximum Gasteiger partial charge on any atom is 0.158 e. The molecule has 0 saturated heterocycles. The molecule has 1 heterocycles. The molecule has 1 aromatic carbocycles. The van der Waals surface area contributed by atoms with Crippen LogP contribution in [-0.2, 0) is 14.2 Å². The molecule has 0 atom stereocenters. The Morgan fingerprint density at radius 3 is 2.35 bits per heavy atom. The fourth-order valence-corrected chi connectivity index (χ4v) is 3.72. The van der Waals surface area contributed by atoms with Crippen molar-refractivity contribution >= 4 is 27.7 Å². The molecule has 0 radical (unpaired) electrons. The summed E-state index contributed by atoms with van der Waals surface area (Å²) in [6.07, 6.45) is 0. The average Bonchev–Trinajstić information content (AvgIpc) is 3.09. The van der Waals surface area contributed by atoms with Crippen molar-refractivity contribution in [3.8, 4) is 12.1 Å². The molecule has 0 aliphatic rings. The number of nitrogens with zero attached hydrogens (tertiary/aromatic N) is 5. The highest BCUT2D eigenvalue weighted by atomic mass is 32.1. The molecular formula is C22H27N5O3S. The number of ether oxygens (including phenoxy) is 3. The quantitative estimate of drug-likeness (QED) is 0.351. The molecule has 164 valence electrons. The van der Waals surface area contributed by atoms with Crippen molar-refractivity contribution in [2.24, 2.45) is 10.2 Å². The van der Waals surface area contributed by atoms with Crippen molar-refractivity contribution in [2.75, 3.05) is 58.6 Å². The molecule has 0 saturated carbocycles. The van der Waals surface area contributed by atoms with Gasteiger partial charge < -0.3 is 19.1 Å². The van der Waals surface area contributed by atoms with Gasteiger partial charge in [-0.1, -0.05) is 0 Å². The van der Waals surface area contributed by atoms with Crippen LogP contribution in [0.25, 0.3) is 0 Å². The summed E-state index contributed by atoms with van der Waals surface area (Å²) in [6.45, 7) is 7.51. The van der Waals surface area contributed by atoms with Crippen LogP contribution in [0.15, 0.2) is 28.4 Å². The Hall–Kier alpha value is -2.82. The zero-order chi connectivity index (χ0) is 22.6. The number of thiophene rings is 1. The lowest BCUT2D eigenvalue weighted by Crippen LogP contribution is -2.31. The second-order valence-corrected chi connectivity index (χ2v) is 7.71. The lowest BCUT2D eigenvalue weighted by molar-refractivity contribution is 0.0736. The summed E-state index contributed by atoms with van der Waals surface area (Å²) in [6, 6.07) is 10.1. The molecule has 0 aliphatic heterocycles. The van der Waals surface area contributed by atoms with E-state index in [0.29, 0.717) is 53.1 Å². The summed E-state index contributed by atoms with van der Waals surface area (Å²) < 4.78 is 15.8. The van der Waals surface area contributed by atoms with E-state index in [2.05, 4.69) is 27.3 Å². The highest BCUT2D eigenvalue weighted by Crippen LogP contribution is 2.36. The van der Waals surface area contributed by atoms with Crippen molar-refractivity contribution in [1.82, 2.24) is 0 Å². The molecule has 2 rings (SSSR count). The smallest absolute Gasteiger partial charge is 0.158 e. The van der Waals surface area contributed by atoms with Gasteiger partial charge in [0.05, 0.1) is 37.7 Å². The molecule has 0 aliphatic carbocycles. The molecule has 9 heteroatoms. The van der Waals surface area contributed by atoms with Crippen LogP contribution in [0.4, 0.5) is 16.4 Å². The van der Waals surface area contributed by atoms with Crippen molar-refractivity contribution in [2.45, 2.75) is 13.8 Å². The van der Waals surface area contributed by atoms with E-state index in [-0.39, 0.29) is 0 Å². The van der Waals surface area contributed by atoms with Gasteiger partial charge in [-0.15, -0.1) is 21.6 Å². The fraction of sp³-hybridized carbons (Fsp3) is 0.455. The Morgan fingerprint density at radius 1 is 0.968 bits per heavy atom. The number of nitriles is 2. The van der Waals surface area contributed by atoms with Crippen LogP contribution < -0.4 is 4.90 Å². The van der Waals surface area contributed by atoms with E-state index in [4.69, 9.17) is 14.2 Å². The number of azo groups is 1. The first-order valence-electron chi connectivity index (χ1n) is 9.82. The Balaban J connectivity index is 2.16. The third-order valence-corrected chi connectivity index (χ3v) is 5.72. The van der Waals surface area contributed by atoms with Crippen molar-refractivity contribution in [3.05, 3.63) is 39.8 Å². The zero-order valence-corrected chi connectivity index (χ0v) is 19.2. The number of anilines is 1. The second-order valence-electron chi connectivity index (χ2n) is 6.72.